The molecule has 1 unspecified atom stereocenters. The molecular formula is C14H27N3O3. The zero-order valence-electron chi connectivity index (χ0n) is 13.0. The number of morpholine rings is 1. The van der Waals surface area contributed by atoms with Crippen LogP contribution in [0.1, 0.15) is 34.1 Å². The van der Waals surface area contributed by atoms with Crippen LogP contribution in [-0.4, -0.2) is 61.1 Å². The van der Waals surface area contributed by atoms with E-state index in [0.717, 1.165) is 0 Å². The van der Waals surface area contributed by atoms with Gasteiger partial charge in [-0.3, -0.25) is 9.59 Å². The highest BCUT2D eigenvalue weighted by molar-refractivity contribution is 5.81. The molecule has 0 spiro atoms. The molecule has 0 saturated carbocycles. The Balaban J connectivity index is 2.23. The minimum absolute atomic E-state index is 0.00368. The van der Waals surface area contributed by atoms with E-state index in [-0.39, 0.29) is 23.4 Å². The van der Waals surface area contributed by atoms with Crippen molar-refractivity contribution in [2.24, 2.45) is 0 Å². The Morgan fingerprint density at radius 3 is 2.40 bits per heavy atom. The van der Waals surface area contributed by atoms with Crippen LogP contribution in [0.3, 0.4) is 0 Å². The third kappa shape index (κ3) is 6.34. The molecular weight excluding hydrogens is 258 g/mol. The number of carbonyl (C=O) groups excluding carboxylic acids is 2. The number of nitrogens with zero attached hydrogens (tertiary/aromatic N) is 1. The minimum Gasteiger partial charge on any atom is -0.378 e. The number of hydrogen-bond donors (Lipinski definition) is 2. The molecule has 2 N–H and O–H groups in total. The first-order valence-electron chi connectivity index (χ1n) is 7.20. The van der Waals surface area contributed by atoms with Gasteiger partial charge >= 0.3 is 0 Å². The summed E-state index contributed by atoms with van der Waals surface area (Å²) in [5, 5.41) is 6.00. The van der Waals surface area contributed by atoms with Crippen LogP contribution >= 0.6 is 0 Å². The van der Waals surface area contributed by atoms with Gasteiger partial charge in [0.2, 0.25) is 11.8 Å². The van der Waals surface area contributed by atoms with Crippen LogP contribution in [0.15, 0.2) is 0 Å². The monoisotopic (exact) mass is 285 g/mol. The third-order valence-corrected chi connectivity index (χ3v) is 3.01. The molecule has 6 nitrogen and oxygen atoms in total. The molecule has 1 heterocycles. The number of rotatable bonds is 5. The minimum atomic E-state index is -0.268. The summed E-state index contributed by atoms with van der Waals surface area (Å²) in [4.78, 5) is 25.6. The molecule has 1 rings (SSSR count). The SMILES string of the molecule is CC(NCCC(=O)NC(C)(C)C)C(=O)N1CCOCC1. The Labute approximate surface area is 121 Å². The molecule has 0 radical (unpaired) electrons. The lowest BCUT2D eigenvalue weighted by Crippen LogP contribution is -2.50. The third-order valence-electron chi connectivity index (χ3n) is 3.01. The summed E-state index contributed by atoms with van der Waals surface area (Å²) in [7, 11) is 0. The lowest BCUT2D eigenvalue weighted by molar-refractivity contribution is -0.137. The summed E-state index contributed by atoms with van der Waals surface area (Å²) in [6, 6.07) is -0.268. The van der Waals surface area contributed by atoms with E-state index >= 15 is 0 Å². The maximum absolute atomic E-state index is 12.1. The van der Waals surface area contributed by atoms with Crippen molar-refractivity contribution in [1.82, 2.24) is 15.5 Å². The molecule has 0 bridgehead atoms. The van der Waals surface area contributed by atoms with E-state index in [1.165, 1.54) is 0 Å². The van der Waals surface area contributed by atoms with Crippen LogP contribution < -0.4 is 10.6 Å². The summed E-state index contributed by atoms with van der Waals surface area (Å²) in [6.07, 6.45) is 0.373. The number of nitrogens with one attached hydrogen (secondary N) is 2. The van der Waals surface area contributed by atoms with Gasteiger partial charge in [-0.15, -0.1) is 0 Å². The molecule has 1 aliphatic heterocycles. The Bertz CT molecular complexity index is 333. The van der Waals surface area contributed by atoms with E-state index in [4.69, 9.17) is 4.74 Å². The van der Waals surface area contributed by atoms with E-state index in [9.17, 15) is 9.59 Å². The van der Waals surface area contributed by atoms with Crippen molar-refractivity contribution in [1.29, 1.82) is 0 Å². The molecule has 2 amide bonds. The van der Waals surface area contributed by atoms with Crippen LogP contribution in [-0.2, 0) is 14.3 Å². The van der Waals surface area contributed by atoms with E-state index < -0.39 is 0 Å². The first-order valence-corrected chi connectivity index (χ1v) is 7.20. The first kappa shape index (κ1) is 16.9. The van der Waals surface area contributed by atoms with Crippen LogP contribution in [0.2, 0.25) is 0 Å². The smallest absolute Gasteiger partial charge is 0.239 e. The summed E-state index contributed by atoms with van der Waals surface area (Å²) in [5.41, 5.74) is -0.216. The van der Waals surface area contributed by atoms with Crippen LogP contribution in [0.4, 0.5) is 0 Å². The standard InChI is InChI=1S/C14H27N3O3/c1-11(13(19)17-7-9-20-10-8-17)15-6-5-12(18)16-14(2,3)4/h11,15H,5-10H2,1-4H3,(H,16,18). The van der Waals surface area contributed by atoms with Crippen molar-refractivity contribution < 1.29 is 14.3 Å². The predicted octanol–water partition coefficient (Wildman–Crippen LogP) is 0.128. The quantitative estimate of drug-likeness (QED) is 0.753. The number of ether oxygens (including phenoxy) is 1. The fourth-order valence-electron chi connectivity index (χ4n) is 2.03. The van der Waals surface area contributed by atoms with Crippen molar-refractivity contribution >= 4 is 11.8 Å². The molecule has 0 aromatic carbocycles. The number of amides is 2. The van der Waals surface area contributed by atoms with E-state index in [2.05, 4.69) is 10.6 Å². The predicted molar refractivity (Wildman–Crippen MR) is 77.4 cm³/mol. The van der Waals surface area contributed by atoms with E-state index in [1.54, 1.807) is 4.90 Å². The van der Waals surface area contributed by atoms with Gasteiger partial charge in [-0.05, 0) is 27.7 Å². The second kappa shape index (κ2) is 7.59. The Morgan fingerprint density at radius 1 is 1.25 bits per heavy atom. The Hall–Kier alpha value is -1.14. The maximum atomic E-state index is 12.1. The molecule has 1 fully saturated rings. The van der Waals surface area contributed by atoms with E-state index in [0.29, 0.717) is 39.3 Å². The summed E-state index contributed by atoms with van der Waals surface area (Å²) in [5.74, 6) is 0.0700. The fraction of sp³-hybridized carbons (Fsp3) is 0.857. The zero-order chi connectivity index (χ0) is 15.2. The topological polar surface area (TPSA) is 70.7 Å². The van der Waals surface area contributed by atoms with Crippen molar-refractivity contribution in [3.8, 4) is 0 Å². The largest absolute Gasteiger partial charge is 0.378 e. The highest BCUT2D eigenvalue weighted by atomic mass is 16.5. The second-order valence-corrected chi connectivity index (χ2v) is 6.16. The summed E-state index contributed by atoms with van der Waals surface area (Å²) < 4.78 is 5.22. The molecule has 116 valence electrons. The first-order chi connectivity index (χ1) is 9.29. The van der Waals surface area contributed by atoms with Crippen molar-refractivity contribution in [2.75, 3.05) is 32.8 Å². The molecule has 1 aliphatic rings. The fourth-order valence-corrected chi connectivity index (χ4v) is 2.03. The van der Waals surface area contributed by atoms with Crippen LogP contribution in [0.5, 0.6) is 0 Å². The Kier molecular flexibility index (Phi) is 6.42. The maximum Gasteiger partial charge on any atom is 0.239 e. The summed E-state index contributed by atoms with van der Waals surface area (Å²) in [6.45, 7) is 10.7. The highest BCUT2D eigenvalue weighted by Crippen LogP contribution is 2.01. The molecule has 1 saturated heterocycles. The lowest BCUT2D eigenvalue weighted by Gasteiger charge is -2.29. The molecule has 0 aliphatic carbocycles. The van der Waals surface area contributed by atoms with Crippen LogP contribution in [0.25, 0.3) is 0 Å². The highest BCUT2D eigenvalue weighted by Gasteiger charge is 2.22. The zero-order valence-corrected chi connectivity index (χ0v) is 13.0. The van der Waals surface area contributed by atoms with Gasteiger partial charge in [0.15, 0.2) is 0 Å². The van der Waals surface area contributed by atoms with Gasteiger partial charge in [-0.2, -0.15) is 0 Å². The molecule has 0 aromatic heterocycles. The average Bonchev–Trinajstić information content (AvgIpc) is 2.36. The van der Waals surface area contributed by atoms with Gasteiger partial charge in [-0.25, -0.2) is 0 Å². The van der Waals surface area contributed by atoms with Gasteiger partial charge in [-0.1, -0.05) is 0 Å². The number of carbonyl (C=O) groups is 2. The average molecular weight is 285 g/mol. The van der Waals surface area contributed by atoms with Gasteiger partial charge in [0.1, 0.15) is 0 Å². The van der Waals surface area contributed by atoms with Gasteiger partial charge in [0.05, 0.1) is 19.3 Å². The normalized spacial score (nSPS) is 17.7. The van der Waals surface area contributed by atoms with Gasteiger partial charge in [0, 0.05) is 31.6 Å². The van der Waals surface area contributed by atoms with Crippen LogP contribution in [0, 0.1) is 0 Å². The van der Waals surface area contributed by atoms with Crippen molar-refractivity contribution in [2.45, 2.75) is 45.7 Å². The van der Waals surface area contributed by atoms with Crippen molar-refractivity contribution in [3.05, 3.63) is 0 Å². The van der Waals surface area contributed by atoms with Gasteiger partial charge < -0.3 is 20.3 Å². The molecule has 20 heavy (non-hydrogen) atoms. The van der Waals surface area contributed by atoms with Crippen molar-refractivity contribution in [3.63, 3.8) is 0 Å². The summed E-state index contributed by atoms with van der Waals surface area (Å²) >= 11 is 0. The second-order valence-electron chi connectivity index (χ2n) is 6.16. The van der Waals surface area contributed by atoms with E-state index in [1.807, 2.05) is 27.7 Å². The Morgan fingerprint density at radius 2 is 1.85 bits per heavy atom. The molecule has 0 aromatic rings. The molecule has 6 heteroatoms. The lowest BCUT2D eigenvalue weighted by atomic mass is 10.1. The molecule has 1 atom stereocenters. The number of hydrogen-bond acceptors (Lipinski definition) is 4. The van der Waals surface area contributed by atoms with Gasteiger partial charge in [0.25, 0.3) is 0 Å².